The normalized spacial score (nSPS) is 13.5. The van der Waals surface area contributed by atoms with E-state index in [4.69, 9.17) is 6.85 Å². The molecule has 232 valence electrons. The van der Waals surface area contributed by atoms with E-state index in [0.29, 0.717) is 16.7 Å². The van der Waals surface area contributed by atoms with Crippen LogP contribution in [0, 0.1) is 0 Å². The maximum Gasteiger partial charge on any atom is 0.114 e. The highest BCUT2D eigenvalue weighted by Gasteiger charge is 2.18. The highest BCUT2D eigenvalue weighted by Crippen LogP contribution is 2.44. The molecule has 9 aromatic rings. The van der Waals surface area contributed by atoms with Crippen molar-refractivity contribution in [1.29, 1.82) is 0 Å². The van der Waals surface area contributed by atoms with Crippen LogP contribution < -0.4 is 0 Å². The molecule has 0 saturated heterocycles. The third-order valence-corrected chi connectivity index (χ3v) is 9.36. The lowest BCUT2D eigenvalue weighted by Crippen LogP contribution is -2.00. The molecule has 2 aromatic heterocycles. The number of benzene rings is 7. The Morgan fingerprint density at radius 1 is 0.510 bits per heavy atom. The molecule has 7 aromatic carbocycles. The van der Waals surface area contributed by atoms with Gasteiger partial charge in [-0.2, -0.15) is 0 Å². The number of aryl methyl sites for hydroxylation is 1. The summed E-state index contributed by atoms with van der Waals surface area (Å²) < 4.78 is 43.0. The summed E-state index contributed by atoms with van der Waals surface area (Å²) in [5, 5.41) is 4.61. The molecule has 0 atom stereocenters. The molecule has 0 radical (unpaired) electrons. The molecule has 0 aliphatic rings. The number of imidazole rings is 1. The third-order valence-electron chi connectivity index (χ3n) is 9.36. The summed E-state index contributed by atoms with van der Waals surface area (Å²) in [6.07, 6.45) is 0.961. The Bertz CT molecular complexity index is 2800. The number of fused-ring (bicyclic) bond motifs is 3. The van der Waals surface area contributed by atoms with E-state index in [9.17, 15) is 0 Å². The first-order valence-corrected chi connectivity index (χ1v) is 16.3. The van der Waals surface area contributed by atoms with Crippen molar-refractivity contribution < 1.29 is 6.85 Å². The van der Waals surface area contributed by atoms with Crippen molar-refractivity contribution in [3.63, 3.8) is 0 Å². The maximum atomic E-state index is 8.65. The van der Waals surface area contributed by atoms with Gasteiger partial charge in [0.2, 0.25) is 0 Å². The van der Waals surface area contributed by atoms with Gasteiger partial charge in [-0.3, -0.25) is 9.55 Å². The molecule has 0 amide bonds. The SMILES string of the molecule is [2H]C([2H])([2H])C([2H])([2H])c1nc2ccccc2n1-c1cccc(-c2cccc(-c3c4ccccc4c(-c4cccc(-c5ccncc5)c4)c4ccccc34)c2)c1. The predicted molar refractivity (Wildman–Crippen MR) is 205 cm³/mol. The van der Waals surface area contributed by atoms with Gasteiger partial charge in [-0.1, -0.05) is 116 Å². The second-order valence-corrected chi connectivity index (χ2v) is 12.2. The van der Waals surface area contributed by atoms with Crippen LogP contribution in [0.15, 0.2) is 170 Å². The molecule has 0 unspecified atom stereocenters. The third kappa shape index (κ3) is 4.99. The summed E-state index contributed by atoms with van der Waals surface area (Å²) in [6.45, 7) is -2.92. The number of rotatable bonds is 6. The Morgan fingerprint density at radius 2 is 1.02 bits per heavy atom. The van der Waals surface area contributed by atoms with Crippen LogP contribution in [0.25, 0.3) is 82.8 Å². The summed E-state index contributed by atoms with van der Waals surface area (Å²) >= 11 is 0. The Balaban J connectivity index is 1.21. The maximum absolute atomic E-state index is 8.65. The van der Waals surface area contributed by atoms with Gasteiger partial charge in [0.15, 0.2) is 0 Å². The Hall–Kier alpha value is -6.32. The van der Waals surface area contributed by atoms with Crippen LogP contribution in [-0.4, -0.2) is 14.5 Å². The van der Waals surface area contributed by atoms with Gasteiger partial charge in [0.25, 0.3) is 0 Å². The van der Waals surface area contributed by atoms with Crippen molar-refractivity contribution in [3.05, 3.63) is 176 Å². The largest absolute Gasteiger partial charge is 0.296 e. The highest BCUT2D eigenvalue weighted by molar-refractivity contribution is 6.21. The second-order valence-electron chi connectivity index (χ2n) is 12.2. The van der Waals surface area contributed by atoms with Gasteiger partial charge in [-0.25, -0.2) is 4.98 Å². The number of hydrogen-bond acceptors (Lipinski definition) is 2. The lowest BCUT2D eigenvalue weighted by molar-refractivity contribution is 0.908. The number of para-hydroxylation sites is 2. The first-order chi connectivity index (χ1) is 26.2. The molecule has 3 heteroatoms. The molecule has 49 heavy (non-hydrogen) atoms. The minimum absolute atomic E-state index is 0.154. The van der Waals surface area contributed by atoms with Crippen molar-refractivity contribution >= 4 is 32.6 Å². The molecule has 9 rings (SSSR count). The fraction of sp³-hybridized carbons (Fsp3) is 0.0435. The minimum Gasteiger partial charge on any atom is -0.296 e. The molecule has 0 bridgehead atoms. The zero-order valence-electron chi connectivity index (χ0n) is 31.5. The van der Waals surface area contributed by atoms with Crippen molar-refractivity contribution in [1.82, 2.24) is 14.5 Å². The average molecular weight is 633 g/mol. The van der Waals surface area contributed by atoms with E-state index in [1.54, 1.807) is 10.6 Å². The van der Waals surface area contributed by atoms with Gasteiger partial charge in [-0.05, 0) is 115 Å². The average Bonchev–Trinajstić information content (AvgIpc) is 3.61. The highest BCUT2D eigenvalue weighted by atomic mass is 15.1. The second kappa shape index (κ2) is 12.0. The number of nitrogens with zero attached hydrogens (tertiary/aromatic N) is 3. The Morgan fingerprint density at radius 3 is 1.63 bits per heavy atom. The van der Waals surface area contributed by atoms with E-state index >= 15 is 0 Å². The molecule has 0 N–H and O–H groups in total. The molecular formula is C46H33N3. The molecule has 0 spiro atoms. The molecule has 2 heterocycles. The van der Waals surface area contributed by atoms with Crippen LogP contribution in [0.2, 0.25) is 0 Å². The van der Waals surface area contributed by atoms with Crippen LogP contribution >= 0.6 is 0 Å². The summed E-state index contributed by atoms with van der Waals surface area (Å²) in [4.78, 5) is 8.72. The van der Waals surface area contributed by atoms with Crippen LogP contribution in [0.5, 0.6) is 0 Å². The zero-order chi connectivity index (χ0) is 37.0. The smallest absolute Gasteiger partial charge is 0.114 e. The van der Waals surface area contributed by atoms with Gasteiger partial charge in [0.05, 0.1) is 11.0 Å². The molecular weight excluding hydrogens is 595 g/mol. The lowest BCUT2D eigenvalue weighted by Gasteiger charge is -2.18. The lowest BCUT2D eigenvalue weighted by atomic mass is 9.85. The van der Waals surface area contributed by atoms with Crippen molar-refractivity contribution in [3.8, 4) is 50.2 Å². The summed E-state index contributed by atoms with van der Waals surface area (Å²) in [6, 6.07) is 53.5. The topological polar surface area (TPSA) is 30.7 Å². The van der Waals surface area contributed by atoms with Crippen LogP contribution in [0.1, 0.15) is 19.5 Å². The van der Waals surface area contributed by atoms with E-state index < -0.39 is 13.2 Å². The molecule has 0 fully saturated rings. The standard InChI is InChI=1S/C46H33N3/c1-2-44-48-42-22-7-8-23-43(42)49(44)37-17-11-14-34(30-37)33-13-10-16-36(29-33)46-40-20-5-3-18-38(40)45(39-19-4-6-21-41(39)46)35-15-9-12-32(28-35)31-24-26-47-27-25-31/h3-30H,2H2,1H3/i1D3,2D2. The van der Waals surface area contributed by atoms with Gasteiger partial charge < -0.3 is 0 Å². The van der Waals surface area contributed by atoms with Crippen LogP contribution in [0.3, 0.4) is 0 Å². The predicted octanol–water partition coefficient (Wildman–Crippen LogP) is 12.0. The van der Waals surface area contributed by atoms with Crippen molar-refractivity contribution in [2.45, 2.75) is 13.2 Å². The summed E-state index contributed by atoms with van der Waals surface area (Å²) in [5.41, 5.74) is 10.5. The van der Waals surface area contributed by atoms with Crippen LogP contribution in [0.4, 0.5) is 0 Å². The molecule has 0 aliphatic heterocycles. The molecule has 3 nitrogen and oxygen atoms in total. The summed E-state index contributed by atoms with van der Waals surface area (Å²) in [7, 11) is 0. The van der Waals surface area contributed by atoms with Crippen molar-refractivity contribution in [2.75, 3.05) is 0 Å². The van der Waals surface area contributed by atoms with E-state index in [-0.39, 0.29) is 5.82 Å². The van der Waals surface area contributed by atoms with Crippen molar-refractivity contribution in [2.24, 2.45) is 0 Å². The number of aromatic nitrogens is 3. The van der Waals surface area contributed by atoms with Gasteiger partial charge in [0.1, 0.15) is 5.82 Å². The summed E-state index contributed by atoms with van der Waals surface area (Å²) in [5.74, 6) is -0.154. The first-order valence-electron chi connectivity index (χ1n) is 18.8. The quantitative estimate of drug-likeness (QED) is 0.171. The van der Waals surface area contributed by atoms with E-state index in [1.807, 2.05) is 67.0 Å². The Kier molecular flexibility index (Phi) is 5.88. The first kappa shape index (κ1) is 23.9. The fourth-order valence-corrected chi connectivity index (χ4v) is 7.20. The fourth-order valence-electron chi connectivity index (χ4n) is 7.20. The number of hydrogen-bond donors (Lipinski definition) is 0. The van der Waals surface area contributed by atoms with Crippen LogP contribution in [-0.2, 0) is 6.37 Å². The van der Waals surface area contributed by atoms with Gasteiger partial charge in [-0.15, -0.1) is 0 Å². The number of pyridine rings is 1. The van der Waals surface area contributed by atoms with E-state index in [2.05, 4.69) is 107 Å². The Labute approximate surface area is 292 Å². The molecule has 0 aliphatic carbocycles. The van der Waals surface area contributed by atoms with E-state index in [0.717, 1.165) is 60.5 Å². The van der Waals surface area contributed by atoms with E-state index in [1.165, 1.54) is 5.56 Å². The molecule has 0 saturated carbocycles. The van der Waals surface area contributed by atoms with Gasteiger partial charge >= 0.3 is 0 Å². The van der Waals surface area contributed by atoms with Gasteiger partial charge in [0, 0.05) is 31.3 Å². The minimum atomic E-state index is -2.92. The monoisotopic (exact) mass is 632 g/mol. The zero-order valence-corrected chi connectivity index (χ0v) is 26.5.